The lowest BCUT2D eigenvalue weighted by Gasteiger charge is -2.24. The fraction of sp³-hybridized carbons (Fsp3) is 0.280. The molecule has 5 nitrogen and oxygen atoms in total. The average Bonchev–Trinajstić information content (AvgIpc) is 2.71. The lowest BCUT2D eigenvalue weighted by Crippen LogP contribution is -2.12. The molecule has 1 aliphatic heterocycles. The summed E-state index contributed by atoms with van der Waals surface area (Å²) in [6, 6.07) is 11.8. The zero-order valence-electron chi connectivity index (χ0n) is 18.6. The zero-order chi connectivity index (χ0) is 23.8. The Morgan fingerprint density at radius 1 is 1.00 bits per heavy atom. The van der Waals surface area contributed by atoms with E-state index in [0.717, 1.165) is 23.4 Å². The monoisotopic (exact) mass is 457 g/mol. The number of aliphatic carboxylic acids is 2. The Balaban J connectivity index is 0.000000390. The van der Waals surface area contributed by atoms with E-state index in [1.54, 1.807) is 23.9 Å². The van der Waals surface area contributed by atoms with Crippen molar-refractivity contribution in [3.05, 3.63) is 77.1 Å². The van der Waals surface area contributed by atoms with Crippen molar-refractivity contribution < 1.29 is 24.2 Å². The summed E-state index contributed by atoms with van der Waals surface area (Å²) in [6.45, 7) is 5.44. The largest absolute Gasteiger partial charge is 0.478 e. The Bertz CT molecular complexity index is 1030. The van der Waals surface area contributed by atoms with Gasteiger partial charge in [-0.2, -0.15) is 0 Å². The van der Waals surface area contributed by atoms with E-state index in [9.17, 15) is 14.0 Å². The van der Waals surface area contributed by atoms with Crippen LogP contribution in [0.4, 0.5) is 4.39 Å². The molecule has 0 saturated heterocycles. The summed E-state index contributed by atoms with van der Waals surface area (Å²) in [7, 11) is 4.17. The molecular formula is C25H28FNO4S. The molecule has 3 rings (SSSR count). The molecule has 0 bridgehead atoms. The molecule has 2 aromatic carbocycles. The van der Waals surface area contributed by atoms with Crippen LogP contribution in [0, 0.1) is 5.82 Å². The zero-order valence-corrected chi connectivity index (χ0v) is 19.4. The molecule has 7 heteroatoms. The second-order valence-corrected chi connectivity index (χ2v) is 8.96. The first-order valence-electron chi connectivity index (χ1n) is 10.2. The van der Waals surface area contributed by atoms with E-state index in [0.29, 0.717) is 18.1 Å². The van der Waals surface area contributed by atoms with Gasteiger partial charge in [0.1, 0.15) is 5.82 Å². The van der Waals surface area contributed by atoms with Gasteiger partial charge >= 0.3 is 11.9 Å². The lowest BCUT2D eigenvalue weighted by atomic mass is 9.92. The highest BCUT2D eigenvalue weighted by Crippen LogP contribution is 2.46. The number of fused-ring (bicyclic) bond motifs is 2. The third-order valence-corrected chi connectivity index (χ3v) is 5.84. The van der Waals surface area contributed by atoms with Crippen molar-refractivity contribution in [2.24, 2.45) is 0 Å². The third kappa shape index (κ3) is 7.35. The highest BCUT2D eigenvalue weighted by Gasteiger charge is 2.22. The van der Waals surface area contributed by atoms with Crippen molar-refractivity contribution in [3.63, 3.8) is 0 Å². The first kappa shape index (κ1) is 25.4. The summed E-state index contributed by atoms with van der Waals surface area (Å²) in [6.07, 6.45) is 4.40. The summed E-state index contributed by atoms with van der Waals surface area (Å²) in [5, 5.41) is 15.6. The van der Waals surface area contributed by atoms with Crippen molar-refractivity contribution in [1.82, 2.24) is 4.90 Å². The minimum absolute atomic E-state index is 0.170. The second-order valence-electron chi connectivity index (χ2n) is 7.87. The number of carboxylic acid groups (broad SMARTS) is 2. The Morgan fingerprint density at radius 2 is 1.66 bits per heavy atom. The Kier molecular flexibility index (Phi) is 9.23. The summed E-state index contributed by atoms with van der Waals surface area (Å²) in [5.74, 6) is -2.19. The number of rotatable bonds is 6. The van der Waals surface area contributed by atoms with E-state index in [1.807, 2.05) is 6.07 Å². The fourth-order valence-corrected chi connectivity index (χ4v) is 4.21. The molecule has 0 fully saturated rings. The predicted molar refractivity (Wildman–Crippen MR) is 126 cm³/mol. The Morgan fingerprint density at radius 3 is 2.22 bits per heavy atom. The van der Waals surface area contributed by atoms with E-state index in [-0.39, 0.29) is 5.82 Å². The molecule has 1 heterocycles. The van der Waals surface area contributed by atoms with Gasteiger partial charge in [-0.1, -0.05) is 43.8 Å². The predicted octanol–water partition coefficient (Wildman–Crippen LogP) is 5.51. The topological polar surface area (TPSA) is 77.8 Å². The number of hydrogen-bond acceptors (Lipinski definition) is 4. The van der Waals surface area contributed by atoms with Gasteiger partial charge in [-0.25, -0.2) is 14.0 Å². The van der Waals surface area contributed by atoms with E-state index in [1.165, 1.54) is 21.6 Å². The van der Waals surface area contributed by atoms with Crippen LogP contribution in [0.1, 0.15) is 42.9 Å². The number of carboxylic acids is 2. The van der Waals surface area contributed by atoms with Gasteiger partial charge in [0.05, 0.1) is 0 Å². The van der Waals surface area contributed by atoms with Crippen molar-refractivity contribution in [2.45, 2.75) is 36.0 Å². The molecular weight excluding hydrogens is 429 g/mol. The van der Waals surface area contributed by atoms with Crippen LogP contribution in [0.15, 0.2) is 64.4 Å². The van der Waals surface area contributed by atoms with E-state index in [4.69, 9.17) is 10.2 Å². The van der Waals surface area contributed by atoms with Crippen LogP contribution in [0.3, 0.4) is 0 Å². The number of halogens is 1. The summed E-state index contributed by atoms with van der Waals surface area (Å²) in [5.41, 5.74) is 5.01. The number of hydrogen-bond donors (Lipinski definition) is 2. The molecule has 0 aromatic heterocycles. The first-order chi connectivity index (χ1) is 15.1. The molecule has 32 heavy (non-hydrogen) atoms. The van der Waals surface area contributed by atoms with Gasteiger partial charge in [0, 0.05) is 28.5 Å². The highest BCUT2D eigenvalue weighted by molar-refractivity contribution is 7.99. The van der Waals surface area contributed by atoms with E-state index >= 15 is 0 Å². The SMILES string of the molecule is CC(C)c1ccc2c(c1)/C(=C/CCN(C)C)c1ccc(F)cc1S2.O=C(O)/C=C/C(=O)O. The smallest absolute Gasteiger partial charge is 0.328 e. The first-order valence-corrected chi connectivity index (χ1v) is 11.0. The average molecular weight is 458 g/mol. The molecule has 170 valence electrons. The van der Waals surface area contributed by atoms with Crippen LogP contribution < -0.4 is 0 Å². The molecule has 2 aromatic rings. The summed E-state index contributed by atoms with van der Waals surface area (Å²) < 4.78 is 13.7. The maximum atomic E-state index is 13.7. The van der Waals surface area contributed by atoms with Crippen molar-refractivity contribution >= 4 is 29.3 Å². The molecule has 1 aliphatic rings. The molecule has 0 aliphatic carbocycles. The van der Waals surface area contributed by atoms with Crippen molar-refractivity contribution in [3.8, 4) is 0 Å². The maximum absolute atomic E-state index is 13.7. The van der Waals surface area contributed by atoms with Gasteiger partial charge in [-0.15, -0.1) is 0 Å². The summed E-state index contributed by atoms with van der Waals surface area (Å²) in [4.78, 5) is 23.5. The van der Waals surface area contributed by atoms with Crippen LogP contribution in [-0.2, 0) is 9.59 Å². The van der Waals surface area contributed by atoms with Gasteiger partial charge in [-0.3, -0.25) is 0 Å². The standard InChI is InChI=1S/C21H24FNS.C4H4O4/c1-14(2)15-7-10-20-19(12-15)17(6-5-11-23(3)4)18-9-8-16(22)13-21(18)24-20;5-3(6)1-2-4(7)8/h6-10,12-14H,5,11H2,1-4H3;1-2H,(H,5,6)(H,7,8)/b17-6+;2-1+. The Labute approximate surface area is 192 Å². The molecule has 0 unspecified atom stereocenters. The van der Waals surface area contributed by atoms with Gasteiger partial charge < -0.3 is 15.1 Å². The van der Waals surface area contributed by atoms with Gasteiger partial charge in [0.2, 0.25) is 0 Å². The van der Waals surface area contributed by atoms with E-state index in [2.05, 4.69) is 57.1 Å². The Hall–Kier alpha value is -2.90. The molecule has 2 N–H and O–H groups in total. The summed E-state index contributed by atoms with van der Waals surface area (Å²) >= 11 is 1.67. The van der Waals surface area contributed by atoms with Crippen molar-refractivity contribution in [1.29, 1.82) is 0 Å². The van der Waals surface area contributed by atoms with Gasteiger partial charge in [0.25, 0.3) is 0 Å². The molecule has 0 radical (unpaired) electrons. The van der Waals surface area contributed by atoms with Crippen LogP contribution >= 0.6 is 11.8 Å². The van der Waals surface area contributed by atoms with Gasteiger partial charge in [0.15, 0.2) is 0 Å². The molecule has 0 spiro atoms. The van der Waals surface area contributed by atoms with Crippen LogP contribution in [0.25, 0.3) is 5.57 Å². The minimum Gasteiger partial charge on any atom is -0.478 e. The third-order valence-electron chi connectivity index (χ3n) is 4.71. The van der Waals surface area contributed by atoms with Gasteiger partial charge in [-0.05, 0) is 73.0 Å². The van der Waals surface area contributed by atoms with Crippen LogP contribution in [-0.4, -0.2) is 47.7 Å². The molecule has 0 saturated carbocycles. The number of carbonyl (C=O) groups is 2. The molecule has 0 atom stereocenters. The minimum atomic E-state index is -1.26. The second kappa shape index (κ2) is 11.6. The van der Waals surface area contributed by atoms with Crippen LogP contribution in [0.2, 0.25) is 0 Å². The lowest BCUT2D eigenvalue weighted by molar-refractivity contribution is -0.134. The fourth-order valence-electron chi connectivity index (χ4n) is 3.10. The van der Waals surface area contributed by atoms with E-state index < -0.39 is 11.9 Å². The highest BCUT2D eigenvalue weighted by atomic mass is 32.2. The molecule has 0 amide bonds. The van der Waals surface area contributed by atoms with Crippen LogP contribution in [0.5, 0.6) is 0 Å². The number of benzene rings is 2. The maximum Gasteiger partial charge on any atom is 0.328 e. The van der Waals surface area contributed by atoms with Crippen molar-refractivity contribution in [2.75, 3.05) is 20.6 Å². The normalized spacial score (nSPS) is 13.7. The number of nitrogens with zero attached hydrogens (tertiary/aromatic N) is 1. The quantitative estimate of drug-likeness (QED) is 0.476.